The molecule has 1 aliphatic rings. The van der Waals surface area contributed by atoms with Crippen LogP contribution in [-0.2, 0) is 19.4 Å². The summed E-state index contributed by atoms with van der Waals surface area (Å²) in [6, 6.07) is 0. The van der Waals surface area contributed by atoms with Gasteiger partial charge >= 0.3 is 0 Å². The Morgan fingerprint density at radius 2 is 2.00 bits per heavy atom. The molecule has 6 nitrogen and oxygen atoms in total. The van der Waals surface area contributed by atoms with E-state index in [-0.39, 0.29) is 24.0 Å². The minimum atomic E-state index is 0. The maximum absolute atomic E-state index is 4.37. The van der Waals surface area contributed by atoms with E-state index in [0.717, 1.165) is 50.1 Å². The van der Waals surface area contributed by atoms with Crippen LogP contribution in [0.4, 0.5) is 0 Å². The molecule has 0 spiro atoms. The molecule has 0 bridgehead atoms. The van der Waals surface area contributed by atoms with Crippen molar-refractivity contribution in [1.82, 2.24) is 25.4 Å². The van der Waals surface area contributed by atoms with Gasteiger partial charge in [0.1, 0.15) is 11.6 Å². The van der Waals surface area contributed by atoms with Gasteiger partial charge < -0.3 is 15.2 Å². The van der Waals surface area contributed by atoms with E-state index in [4.69, 9.17) is 0 Å². The number of hydrogen-bond donors (Lipinski definition) is 2. The molecule has 8 heteroatoms. The Balaban J connectivity index is 0.00000288. The van der Waals surface area contributed by atoms with Gasteiger partial charge in [0.25, 0.3) is 0 Å². The molecular formula is C16H31IN6S. The Bertz CT molecular complexity index is 491. The Labute approximate surface area is 167 Å². The summed E-state index contributed by atoms with van der Waals surface area (Å²) in [6.45, 7) is 2.88. The Morgan fingerprint density at radius 1 is 1.17 bits per heavy atom. The third-order valence-corrected chi connectivity index (χ3v) is 4.82. The zero-order chi connectivity index (χ0) is 16.3. The minimum Gasteiger partial charge on any atom is -0.356 e. The number of aromatic nitrogens is 3. The van der Waals surface area contributed by atoms with Crippen LogP contribution in [0.15, 0.2) is 4.99 Å². The van der Waals surface area contributed by atoms with Gasteiger partial charge in [-0.3, -0.25) is 4.99 Å². The van der Waals surface area contributed by atoms with Crippen LogP contribution in [0.3, 0.4) is 0 Å². The summed E-state index contributed by atoms with van der Waals surface area (Å²) < 4.78 is 2.31. The van der Waals surface area contributed by atoms with E-state index in [1.165, 1.54) is 37.9 Å². The van der Waals surface area contributed by atoms with Gasteiger partial charge in [0, 0.05) is 39.5 Å². The molecule has 0 saturated heterocycles. The lowest BCUT2D eigenvalue weighted by atomic mass is 10.2. The van der Waals surface area contributed by atoms with E-state index < -0.39 is 0 Å². The first-order valence-electron chi connectivity index (χ1n) is 8.69. The van der Waals surface area contributed by atoms with Crippen molar-refractivity contribution < 1.29 is 0 Å². The molecule has 0 radical (unpaired) electrons. The molecule has 0 aliphatic carbocycles. The number of rotatable bonds is 8. The van der Waals surface area contributed by atoms with Crippen molar-refractivity contribution in [3.63, 3.8) is 0 Å². The predicted octanol–water partition coefficient (Wildman–Crippen LogP) is 2.47. The fourth-order valence-electron chi connectivity index (χ4n) is 2.82. The standard InChI is InChI=1S/C16H30N6S.HI/c1-17-16(18-10-5-7-13-23-2)19-11-9-15-21-20-14-8-4-3-6-12-22(14)15;/h3-13H2,1-2H3,(H2,17,18,19);1H. The van der Waals surface area contributed by atoms with Gasteiger partial charge in [-0.25, -0.2) is 0 Å². The van der Waals surface area contributed by atoms with E-state index in [0.29, 0.717) is 0 Å². The molecule has 2 N–H and O–H groups in total. The van der Waals surface area contributed by atoms with Crippen LogP contribution in [0, 0.1) is 0 Å². The van der Waals surface area contributed by atoms with Gasteiger partial charge in [-0.05, 0) is 37.7 Å². The maximum Gasteiger partial charge on any atom is 0.190 e. The first kappa shape index (κ1) is 21.5. The van der Waals surface area contributed by atoms with Crippen LogP contribution in [-0.4, -0.2) is 52.9 Å². The van der Waals surface area contributed by atoms with E-state index in [2.05, 4.69) is 36.6 Å². The van der Waals surface area contributed by atoms with Crippen LogP contribution in [0.25, 0.3) is 0 Å². The highest BCUT2D eigenvalue weighted by molar-refractivity contribution is 14.0. The molecule has 0 amide bonds. The van der Waals surface area contributed by atoms with Crippen LogP contribution in [0.1, 0.15) is 43.8 Å². The zero-order valence-corrected chi connectivity index (χ0v) is 18.0. The summed E-state index contributed by atoms with van der Waals surface area (Å²) in [6.07, 6.45) is 10.3. The molecule has 1 aromatic rings. The monoisotopic (exact) mass is 466 g/mol. The largest absolute Gasteiger partial charge is 0.356 e. The predicted molar refractivity (Wildman–Crippen MR) is 114 cm³/mol. The molecule has 0 saturated carbocycles. The quantitative estimate of drug-likeness (QED) is 0.267. The second-order valence-corrected chi connectivity index (χ2v) is 6.86. The number of nitrogens with one attached hydrogen (secondary N) is 2. The molecule has 24 heavy (non-hydrogen) atoms. The molecule has 0 atom stereocenters. The van der Waals surface area contributed by atoms with Gasteiger partial charge in [-0.2, -0.15) is 11.8 Å². The normalized spacial score (nSPS) is 14.5. The fraction of sp³-hybridized carbons (Fsp3) is 0.812. The number of aliphatic imine (C=N–C) groups is 1. The highest BCUT2D eigenvalue weighted by atomic mass is 127. The summed E-state index contributed by atoms with van der Waals surface area (Å²) in [7, 11) is 1.82. The van der Waals surface area contributed by atoms with Crippen LogP contribution >= 0.6 is 35.7 Å². The van der Waals surface area contributed by atoms with Crippen molar-refractivity contribution in [3.05, 3.63) is 11.6 Å². The molecule has 2 rings (SSSR count). The smallest absolute Gasteiger partial charge is 0.190 e. The van der Waals surface area contributed by atoms with Gasteiger partial charge in [-0.1, -0.05) is 6.42 Å². The lowest BCUT2D eigenvalue weighted by Crippen LogP contribution is -2.39. The number of hydrogen-bond acceptors (Lipinski definition) is 4. The summed E-state index contributed by atoms with van der Waals surface area (Å²) in [5, 5.41) is 15.5. The van der Waals surface area contributed by atoms with Crippen molar-refractivity contribution in [1.29, 1.82) is 0 Å². The third-order valence-electron chi connectivity index (χ3n) is 4.12. The lowest BCUT2D eigenvalue weighted by molar-refractivity contribution is 0.600. The zero-order valence-electron chi connectivity index (χ0n) is 14.9. The van der Waals surface area contributed by atoms with Crippen molar-refractivity contribution in [2.75, 3.05) is 32.1 Å². The van der Waals surface area contributed by atoms with Crippen molar-refractivity contribution in [2.45, 2.75) is 51.5 Å². The highest BCUT2D eigenvalue weighted by Gasteiger charge is 2.14. The number of guanidine groups is 1. The van der Waals surface area contributed by atoms with Gasteiger partial charge in [-0.15, -0.1) is 34.2 Å². The Morgan fingerprint density at radius 3 is 2.79 bits per heavy atom. The first-order valence-corrected chi connectivity index (χ1v) is 10.1. The van der Waals surface area contributed by atoms with Gasteiger partial charge in [0.05, 0.1) is 0 Å². The molecule has 2 heterocycles. The average Bonchev–Trinajstić information content (AvgIpc) is 2.80. The van der Waals surface area contributed by atoms with Crippen molar-refractivity contribution >= 4 is 41.7 Å². The van der Waals surface area contributed by atoms with Crippen molar-refractivity contribution in [3.8, 4) is 0 Å². The Hall–Kier alpha value is -0.510. The highest BCUT2D eigenvalue weighted by Crippen LogP contribution is 2.14. The summed E-state index contributed by atoms with van der Waals surface area (Å²) >= 11 is 1.90. The second kappa shape index (κ2) is 12.8. The number of unbranched alkanes of at least 4 members (excludes halogenated alkanes) is 1. The molecule has 1 aliphatic heterocycles. The van der Waals surface area contributed by atoms with Gasteiger partial charge in [0.15, 0.2) is 5.96 Å². The molecule has 1 aromatic heterocycles. The average molecular weight is 466 g/mol. The van der Waals surface area contributed by atoms with E-state index in [1.54, 1.807) is 0 Å². The first-order chi connectivity index (χ1) is 11.3. The van der Waals surface area contributed by atoms with Crippen LogP contribution in [0.2, 0.25) is 0 Å². The van der Waals surface area contributed by atoms with Crippen molar-refractivity contribution in [2.24, 2.45) is 4.99 Å². The fourth-order valence-corrected chi connectivity index (χ4v) is 3.31. The minimum absolute atomic E-state index is 0. The number of nitrogens with zero attached hydrogens (tertiary/aromatic N) is 4. The SMILES string of the molecule is CN=C(NCCCCSC)NCCc1nnc2n1CCCCC2.I. The summed E-state index contributed by atoms with van der Waals surface area (Å²) in [4.78, 5) is 4.27. The number of aryl methyl sites for hydroxylation is 1. The lowest BCUT2D eigenvalue weighted by Gasteiger charge is -2.12. The summed E-state index contributed by atoms with van der Waals surface area (Å²) in [5.41, 5.74) is 0. The third kappa shape index (κ3) is 7.16. The molecule has 0 unspecified atom stereocenters. The number of halogens is 1. The topological polar surface area (TPSA) is 67.1 Å². The van der Waals surface area contributed by atoms with Crippen LogP contribution in [0.5, 0.6) is 0 Å². The molecular weight excluding hydrogens is 435 g/mol. The van der Waals surface area contributed by atoms with Gasteiger partial charge in [0.2, 0.25) is 0 Å². The summed E-state index contributed by atoms with van der Waals surface area (Å²) in [5.74, 6) is 4.37. The Kier molecular flexibility index (Phi) is 11.5. The maximum atomic E-state index is 4.37. The number of fused-ring (bicyclic) bond motifs is 1. The molecule has 0 aromatic carbocycles. The van der Waals surface area contributed by atoms with Crippen LogP contribution < -0.4 is 10.6 Å². The number of thioether (sulfide) groups is 1. The molecule has 0 fully saturated rings. The molecule has 138 valence electrons. The van der Waals surface area contributed by atoms with E-state index in [9.17, 15) is 0 Å². The second-order valence-electron chi connectivity index (χ2n) is 5.87. The van der Waals surface area contributed by atoms with E-state index in [1.807, 2.05) is 18.8 Å². The van der Waals surface area contributed by atoms with E-state index >= 15 is 0 Å².